The predicted molar refractivity (Wildman–Crippen MR) is 147 cm³/mol. The molecule has 1 fully saturated rings. The van der Waals surface area contributed by atoms with Gasteiger partial charge in [0.2, 0.25) is 5.91 Å². The van der Waals surface area contributed by atoms with Gasteiger partial charge in [0.25, 0.3) is 11.8 Å². The Morgan fingerprint density at radius 3 is 2.49 bits per heavy atom. The molecule has 2 aromatic carbocycles. The molecule has 8 nitrogen and oxygen atoms in total. The van der Waals surface area contributed by atoms with Crippen LogP contribution in [0, 0.1) is 5.92 Å². The predicted octanol–water partition coefficient (Wildman–Crippen LogP) is 4.57. The van der Waals surface area contributed by atoms with Crippen LogP contribution >= 0.6 is 11.6 Å². The lowest BCUT2D eigenvalue weighted by Gasteiger charge is -2.48. The van der Waals surface area contributed by atoms with Crippen LogP contribution in [0.2, 0.25) is 5.02 Å². The molecule has 9 heteroatoms. The maximum Gasteiger partial charge on any atom is 0.254 e. The Balaban J connectivity index is 1.57. The molecule has 0 bridgehead atoms. The number of carbonyl (C=O) groups is 3. The fraction of sp³-hybridized carbons (Fsp3) is 0.333. The standard InChI is InChI=1S/C30H31ClN4O4/c1-32-28(36)24-11-4-5-12-25(24)35-27(19-13-15-20(31)16-14-19)26(22-9-2-3-10-23(22)30(35)38)29(37)34-39-18-21-8-6-7-17-33-21/h2-3,6-10,13-17,24-27H,4-5,11-12,18H2,1H3,(H,32,36)(H,34,37). The van der Waals surface area contributed by atoms with Crippen LogP contribution in [0.25, 0.3) is 0 Å². The normalized spacial score (nSPS) is 22.6. The van der Waals surface area contributed by atoms with E-state index in [0.29, 0.717) is 34.7 Å². The number of nitrogens with zero attached hydrogens (tertiary/aromatic N) is 2. The lowest BCUT2D eigenvalue weighted by atomic mass is 9.75. The smallest absolute Gasteiger partial charge is 0.254 e. The number of nitrogens with one attached hydrogen (secondary N) is 2. The maximum absolute atomic E-state index is 14.2. The van der Waals surface area contributed by atoms with Crippen molar-refractivity contribution < 1.29 is 19.2 Å². The molecule has 3 amide bonds. The molecule has 1 aliphatic carbocycles. The fourth-order valence-electron chi connectivity index (χ4n) is 5.88. The van der Waals surface area contributed by atoms with Crippen molar-refractivity contribution in [3.63, 3.8) is 0 Å². The largest absolute Gasteiger partial charge is 0.359 e. The maximum atomic E-state index is 14.2. The summed E-state index contributed by atoms with van der Waals surface area (Å²) >= 11 is 6.22. The van der Waals surface area contributed by atoms with Crippen LogP contribution in [0.1, 0.15) is 64.8 Å². The molecule has 0 spiro atoms. The van der Waals surface area contributed by atoms with Crippen molar-refractivity contribution in [1.29, 1.82) is 0 Å². The zero-order chi connectivity index (χ0) is 27.4. The number of rotatable bonds is 7. The first-order chi connectivity index (χ1) is 19.0. The number of hydrogen-bond donors (Lipinski definition) is 2. The van der Waals surface area contributed by atoms with Gasteiger partial charge in [0.1, 0.15) is 6.61 Å². The van der Waals surface area contributed by atoms with Crippen LogP contribution in [0.3, 0.4) is 0 Å². The van der Waals surface area contributed by atoms with Crippen LogP contribution in [0.4, 0.5) is 0 Å². The summed E-state index contributed by atoms with van der Waals surface area (Å²) in [5, 5.41) is 3.33. The average Bonchev–Trinajstić information content (AvgIpc) is 2.97. The molecule has 1 aromatic heterocycles. The van der Waals surface area contributed by atoms with Crippen molar-refractivity contribution >= 4 is 29.3 Å². The van der Waals surface area contributed by atoms with E-state index in [2.05, 4.69) is 15.8 Å². The Labute approximate surface area is 232 Å². The third kappa shape index (κ3) is 5.53. The Kier molecular flexibility index (Phi) is 8.24. The van der Waals surface area contributed by atoms with E-state index < -0.39 is 12.0 Å². The highest BCUT2D eigenvalue weighted by Crippen LogP contribution is 2.47. The number of hydroxylamine groups is 1. The van der Waals surface area contributed by atoms with E-state index in [9.17, 15) is 14.4 Å². The molecule has 1 saturated carbocycles. The van der Waals surface area contributed by atoms with Crippen LogP contribution in [0.5, 0.6) is 0 Å². The summed E-state index contributed by atoms with van der Waals surface area (Å²) in [7, 11) is 1.62. The van der Waals surface area contributed by atoms with Crippen LogP contribution < -0.4 is 10.8 Å². The van der Waals surface area contributed by atoms with Crippen molar-refractivity contribution in [2.24, 2.45) is 5.92 Å². The zero-order valence-corrected chi connectivity index (χ0v) is 22.4. The highest BCUT2D eigenvalue weighted by atomic mass is 35.5. The third-order valence-electron chi connectivity index (χ3n) is 7.66. The Hall–Kier alpha value is -3.75. The number of hydrogen-bond acceptors (Lipinski definition) is 5. The van der Waals surface area contributed by atoms with E-state index in [1.165, 1.54) is 0 Å². The van der Waals surface area contributed by atoms with Gasteiger partial charge in [-0.15, -0.1) is 0 Å². The van der Waals surface area contributed by atoms with E-state index in [1.54, 1.807) is 54.5 Å². The van der Waals surface area contributed by atoms with Crippen molar-refractivity contribution in [1.82, 2.24) is 20.7 Å². The van der Waals surface area contributed by atoms with Gasteiger partial charge >= 0.3 is 0 Å². The molecule has 1 aliphatic heterocycles. The van der Waals surface area contributed by atoms with Gasteiger partial charge in [0, 0.05) is 29.9 Å². The number of pyridine rings is 1. The molecule has 0 radical (unpaired) electrons. The number of aromatic nitrogens is 1. The fourth-order valence-corrected chi connectivity index (χ4v) is 6.00. The first-order valence-electron chi connectivity index (χ1n) is 13.2. The van der Waals surface area contributed by atoms with E-state index in [1.807, 2.05) is 30.3 Å². The molecule has 0 saturated heterocycles. The summed E-state index contributed by atoms with van der Waals surface area (Å²) in [6.45, 7) is 0.0938. The average molecular weight is 547 g/mol. The van der Waals surface area contributed by atoms with Gasteiger partial charge < -0.3 is 10.2 Å². The summed E-state index contributed by atoms with van der Waals surface area (Å²) < 4.78 is 0. The minimum atomic E-state index is -0.781. The second kappa shape index (κ2) is 12.0. The minimum absolute atomic E-state index is 0.0938. The molecular weight excluding hydrogens is 516 g/mol. The monoisotopic (exact) mass is 546 g/mol. The molecule has 2 heterocycles. The molecule has 3 aromatic rings. The molecule has 39 heavy (non-hydrogen) atoms. The van der Waals surface area contributed by atoms with Crippen LogP contribution in [0.15, 0.2) is 72.9 Å². The van der Waals surface area contributed by atoms with E-state index in [4.69, 9.17) is 16.4 Å². The minimum Gasteiger partial charge on any atom is -0.359 e. The lowest BCUT2D eigenvalue weighted by Crippen LogP contribution is -2.56. The van der Waals surface area contributed by atoms with E-state index >= 15 is 0 Å². The second-order valence-corrected chi connectivity index (χ2v) is 10.4. The Bertz CT molecular complexity index is 1330. The van der Waals surface area contributed by atoms with Gasteiger partial charge in [-0.2, -0.15) is 0 Å². The third-order valence-corrected chi connectivity index (χ3v) is 7.91. The molecule has 202 valence electrons. The summed E-state index contributed by atoms with van der Waals surface area (Å²) in [5.41, 5.74) is 5.11. The summed E-state index contributed by atoms with van der Waals surface area (Å²) in [5.74, 6) is -1.83. The Morgan fingerprint density at radius 2 is 1.74 bits per heavy atom. The van der Waals surface area contributed by atoms with Gasteiger partial charge in [-0.1, -0.05) is 60.8 Å². The van der Waals surface area contributed by atoms with Gasteiger partial charge in [0.05, 0.1) is 23.6 Å². The Morgan fingerprint density at radius 1 is 1.00 bits per heavy atom. The van der Waals surface area contributed by atoms with Gasteiger partial charge in [-0.05, 0) is 54.3 Å². The van der Waals surface area contributed by atoms with E-state index in [0.717, 1.165) is 18.4 Å². The first-order valence-corrected chi connectivity index (χ1v) is 13.6. The number of benzene rings is 2. The number of fused-ring (bicyclic) bond motifs is 1. The first kappa shape index (κ1) is 26.8. The van der Waals surface area contributed by atoms with Gasteiger partial charge in [-0.3, -0.25) is 24.2 Å². The summed E-state index contributed by atoms with van der Waals surface area (Å²) in [4.78, 5) is 52.7. The number of halogens is 1. The molecular formula is C30H31ClN4O4. The van der Waals surface area contributed by atoms with Crippen LogP contribution in [-0.2, 0) is 21.0 Å². The van der Waals surface area contributed by atoms with Gasteiger partial charge in [-0.25, -0.2) is 5.48 Å². The topological polar surface area (TPSA) is 101 Å². The molecule has 2 aliphatic rings. The molecule has 2 N–H and O–H groups in total. The molecule has 4 atom stereocenters. The number of carbonyl (C=O) groups excluding carboxylic acids is 3. The molecule has 4 unspecified atom stereocenters. The zero-order valence-electron chi connectivity index (χ0n) is 21.7. The van der Waals surface area contributed by atoms with E-state index in [-0.39, 0.29) is 36.3 Å². The van der Waals surface area contributed by atoms with Crippen molar-refractivity contribution in [3.05, 3.63) is 100 Å². The lowest BCUT2D eigenvalue weighted by molar-refractivity contribution is -0.138. The quantitative estimate of drug-likeness (QED) is 0.423. The van der Waals surface area contributed by atoms with Crippen molar-refractivity contribution in [2.45, 2.75) is 50.3 Å². The molecule has 5 rings (SSSR count). The second-order valence-electron chi connectivity index (χ2n) is 9.92. The number of amides is 3. The van der Waals surface area contributed by atoms with Crippen molar-refractivity contribution in [3.8, 4) is 0 Å². The summed E-state index contributed by atoms with van der Waals surface area (Å²) in [6, 6.07) is 18.8. The SMILES string of the molecule is CNC(=O)C1CCCCC1N1C(=O)c2ccccc2C(C(=O)NOCc2ccccn2)C1c1ccc(Cl)cc1. The van der Waals surface area contributed by atoms with Gasteiger partial charge in [0.15, 0.2) is 0 Å². The van der Waals surface area contributed by atoms with Crippen LogP contribution in [-0.4, -0.2) is 40.7 Å². The summed E-state index contributed by atoms with van der Waals surface area (Å²) in [6.07, 6.45) is 4.80. The highest BCUT2D eigenvalue weighted by molar-refractivity contribution is 6.30. The van der Waals surface area contributed by atoms with Crippen molar-refractivity contribution in [2.75, 3.05) is 7.05 Å². The highest BCUT2D eigenvalue weighted by Gasteiger charge is 2.49.